The lowest BCUT2D eigenvalue weighted by Gasteiger charge is -2.06. The van der Waals surface area contributed by atoms with Crippen molar-refractivity contribution in [3.05, 3.63) is 78.1 Å². The summed E-state index contributed by atoms with van der Waals surface area (Å²) in [5.74, 6) is -1.02. The average Bonchev–Trinajstić information content (AvgIpc) is 2.67. The van der Waals surface area contributed by atoms with Gasteiger partial charge in [0.25, 0.3) is 5.91 Å². The predicted octanol–water partition coefficient (Wildman–Crippen LogP) is 4.11. The molecule has 0 fully saturated rings. The molecule has 0 heterocycles. The van der Waals surface area contributed by atoms with Crippen molar-refractivity contribution in [2.45, 2.75) is 13.3 Å². The van der Waals surface area contributed by atoms with Gasteiger partial charge in [-0.15, -0.1) is 0 Å². The van der Waals surface area contributed by atoms with Crippen LogP contribution in [0.3, 0.4) is 0 Å². The van der Waals surface area contributed by atoms with Gasteiger partial charge in [-0.3, -0.25) is 9.59 Å². The van der Waals surface area contributed by atoms with Crippen LogP contribution in [0.15, 0.2) is 71.8 Å². The normalized spacial score (nSPS) is 11.3. The van der Waals surface area contributed by atoms with Gasteiger partial charge in [-0.1, -0.05) is 30.3 Å². The number of benzene rings is 3. The van der Waals surface area contributed by atoms with Gasteiger partial charge in [0.1, 0.15) is 5.82 Å². The van der Waals surface area contributed by atoms with Gasteiger partial charge in [0.15, 0.2) is 0 Å². The second kappa shape index (κ2) is 8.23. The van der Waals surface area contributed by atoms with Gasteiger partial charge in [0, 0.05) is 17.0 Å². The first-order valence-electron chi connectivity index (χ1n) is 8.39. The van der Waals surface area contributed by atoms with Crippen LogP contribution in [0.4, 0.5) is 10.1 Å². The molecule has 0 saturated heterocycles. The van der Waals surface area contributed by atoms with E-state index >= 15 is 0 Å². The minimum Gasteiger partial charge on any atom is -0.326 e. The van der Waals surface area contributed by atoms with Crippen molar-refractivity contribution < 1.29 is 14.0 Å². The van der Waals surface area contributed by atoms with E-state index in [1.165, 1.54) is 24.3 Å². The maximum absolute atomic E-state index is 12.9. The Balaban J connectivity index is 1.57. The fourth-order valence-electron chi connectivity index (χ4n) is 2.55. The van der Waals surface area contributed by atoms with Gasteiger partial charge in [-0.25, -0.2) is 9.82 Å². The number of anilines is 1. The van der Waals surface area contributed by atoms with E-state index in [0.717, 1.165) is 10.8 Å². The number of carbonyl (C=O) groups is 2. The summed E-state index contributed by atoms with van der Waals surface area (Å²) in [5, 5.41) is 8.62. The minimum absolute atomic E-state index is 0.00930. The largest absolute Gasteiger partial charge is 0.326 e. The van der Waals surface area contributed by atoms with Crippen molar-refractivity contribution in [1.82, 2.24) is 5.43 Å². The monoisotopic (exact) mass is 363 g/mol. The SMILES string of the molecule is C/C(CC(=O)Nc1ccc(F)cc1)=N/NC(=O)c1ccc2ccccc2c1. The molecular formula is C21H18FN3O2. The third-order valence-corrected chi connectivity index (χ3v) is 3.90. The summed E-state index contributed by atoms with van der Waals surface area (Å²) in [6.07, 6.45) is 0.00930. The van der Waals surface area contributed by atoms with Crippen LogP contribution in [0.1, 0.15) is 23.7 Å². The molecule has 27 heavy (non-hydrogen) atoms. The first-order chi connectivity index (χ1) is 13.0. The Bertz CT molecular complexity index is 1010. The van der Waals surface area contributed by atoms with Crippen LogP contribution in [0.2, 0.25) is 0 Å². The van der Waals surface area contributed by atoms with Crippen LogP contribution in [-0.2, 0) is 4.79 Å². The summed E-state index contributed by atoms with van der Waals surface area (Å²) in [6, 6.07) is 18.6. The van der Waals surface area contributed by atoms with Crippen molar-refractivity contribution in [3.63, 3.8) is 0 Å². The molecule has 3 rings (SSSR count). The highest BCUT2D eigenvalue weighted by Crippen LogP contribution is 2.15. The molecular weight excluding hydrogens is 345 g/mol. The zero-order valence-corrected chi connectivity index (χ0v) is 14.7. The molecule has 0 atom stereocenters. The number of hydrazone groups is 1. The molecule has 2 amide bonds. The van der Waals surface area contributed by atoms with E-state index in [-0.39, 0.29) is 24.1 Å². The zero-order valence-electron chi connectivity index (χ0n) is 14.7. The van der Waals surface area contributed by atoms with Crippen LogP contribution in [-0.4, -0.2) is 17.5 Å². The van der Waals surface area contributed by atoms with Crippen LogP contribution in [0, 0.1) is 5.82 Å². The topological polar surface area (TPSA) is 70.6 Å². The Morgan fingerprint density at radius 1 is 0.963 bits per heavy atom. The molecule has 136 valence electrons. The highest BCUT2D eigenvalue weighted by molar-refractivity contribution is 6.06. The Hall–Kier alpha value is -3.54. The van der Waals surface area contributed by atoms with Gasteiger partial charge in [0.05, 0.1) is 6.42 Å². The molecule has 2 N–H and O–H groups in total. The number of nitrogens with zero attached hydrogens (tertiary/aromatic N) is 1. The van der Waals surface area contributed by atoms with Crippen molar-refractivity contribution in [2.75, 3.05) is 5.32 Å². The fraction of sp³-hybridized carbons (Fsp3) is 0.0952. The van der Waals surface area contributed by atoms with Crippen molar-refractivity contribution in [3.8, 4) is 0 Å². The van der Waals surface area contributed by atoms with Crippen LogP contribution < -0.4 is 10.7 Å². The average molecular weight is 363 g/mol. The predicted molar refractivity (Wildman–Crippen MR) is 104 cm³/mol. The smallest absolute Gasteiger partial charge is 0.271 e. The van der Waals surface area contributed by atoms with E-state index in [4.69, 9.17) is 0 Å². The second-order valence-electron chi connectivity index (χ2n) is 6.08. The summed E-state index contributed by atoms with van der Waals surface area (Å²) in [4.78, 5) is 24.2. The van der Waals surface area contributed by atoms with Crippen LogP contribution >= 0.6 is 0 Å². The van der Waals surface area contributed by atoms with Crippen LogP contribution in [0.5, 0.6) is 0 Å². The van der Waals surface area contributed by atoms with Crippen molar-refractivity contribution >= 4 is 34.0 Å². The maximum Gasteiger partial charge on any atom is 0.271 e. The Morgan fingerprint density at radius 2 is 1.67 bits per heavy atom. The Labute approximate surface area is 155 Å². The molecule has 0 aliphatic rings. The lowest BCUT2D eigenvalue weighted by atomic mass is 10.1. The number of carbonyl (C=O) groups excluding carboxylic acids is 2. The van der Waals surface area contributed by atoms with Gasteiger partial charge in [-0.2, -0.15) is 5.10 Å². The molecule has 0 radical (unpaired) electrons. The molecule has 0 aliphatic heterocycles. The highest BCUT2D eigenvalue weighted by atomic mass is 19.1. The van der Waals surface area contributed by atoms with Gasteiger partial charge < -0.3 is 5.32 Å². The lowest BCUT2D eigenvalue weighted by molar-refractivity contribution is -0.115. The molecule has 0 aliphatic carbocycles. The number of halogens is 1. The Morgan fingerprint density at radius 3 is 2.41 bits per heavy atom. The molecule has 3 aromatic carbocycles. The highest BCUT2D eigenvalue weighted by Gasteiger charge is 2.08. The third kappa shape index (κ3) is 4.98. The molecule has 0 unspecified atom stereocenters. The number of hydrogen-bond donors (Lipinski definition) is 2. The fourth-order valence-corrected chi connectivity index (χ4v) is 2.55. The molecule has 0 bridgehead atoms. The van der Waals surface area contributed by atoms with Gasteiger partial charge >= 0.3 is 0 Å². The molecule has 3 aromatic rings. The molecule has 0 saturated carbocycles. The van der Waals surface area contributed by atoms with E-state index in [2.05, 4.69) is 15.8 Å². The number of hydrogen-bond acceptors (Lipinski definition) is 3. The number of fused-ring (bicyclic) bond motifs is 1. The van der Waals surface area contributed by atoms with E-state index in [1.54, 1.807) is 19.1 Å². The first-order valence-corrected chi connectivity index (χ1v) is 8.39. The van der Waals surface area contributed by atoms with Crippen molar-refractivity contribution in [2.24, 2.45) is 5.10 Å². The Kier molecular flexibility index (Phi) is 5.56. The minimum atomic E-state index is -0.373. The second-order valence-corrected chi connectivity index (χ2v) is 6.08. The quantitative estimate of drug-likeness (QED) is 0.529. The molecule has 0 aromatic heterocycles. The van der Waals surface area contributed by atoms with Crippen molar-refractivity contribution in [1.29, 1.82) is 0 Å². The molecule has 5 nitrogen and oxygen atoms in total. The summed E-state index contributed by atoms with van der Waals surface area (Å²) in [7, 11) is 0. The standard InChI is InChI=1S/C21H18FN3O2/c1-14(12-20(26)23-19-10-8-18(22)9-11-19)24-25-21(27)17-7-6-15-4-2-3-5-16(15)13-17/h2-11,13H,12H2,1H3,(H,23,26)(H,25,27)/b24-14-. The van der Waals surface area contributed by atoms with E-state index in [1.807, 2.05) is 30.3 Å². The van der Waals surface area contributed by atoms with Crippen LogP contribution in [0.25, 0.3) is 10.8 Å². The zero-order chi connectivity index (χ0) is 19.2. The van der Waals surface area contributed by atoms with E-state index in [0.29, 0.717) is 17.0 Å². The third-order valence-electron chi connectivity index (χ3n) is 3.90. The summed E-state index contributed by atoms with van der Waals surface area (Å²) in [5.41, 5.74) is 3.89. The number of rotatable bonds is 5. The molecule has 6 heteroatoms. The van der Waals surface area contributed by atoms with E-state index in [9.17, 15) is 14.0 Å². The number of nitrogens with one attached hydrogen (secondary N) is 2. The van der Waals surface area contributed by atoms with Gasteiger partial charge in [0.2, 0.25) is 5.91 Å². The first kappa shape index (κ1) is 18.3. The number of amides is 2. The lowest BCUT2D eigenvalue weighted by Crippen LogP contribution is -2.21. The maximum atomic E-state index is 12.9. The summed E-state index contributed by atoms with van der Waals surface area (Å²) >= 11 is 0. The van der Waals surface area contributed by atoms with E-state index < -0.39 is 0 Å². The summed E-state index contributed by atoms with van der Waals surface area (Å²) < 4.78 is 12.9. The summed E-state index contributed by atoms with van der Waals surface area (Å²) in [6.45, 7) is 1.64. The molecule has 0 spiro atoms. The van der Waals surface area contributed by atoms with Gasteiger partial charge in [-0.05, 0) is 54.1 Å².